The molecule has 0 aromatic carbocycles. The number of aryl methyl sites for hydroxylation is 1. The monoisotopic (exact) mass is 297 g/mol. The highest BCUT2D eigenvalue weighted by molar-refractivity contribution is 9.10. The molecule has 0 atom stereocenters. The molecule has 1 N–H and O–H groups in total. The van der Waals surface area contributed by atoms with Crippen molar-refractivity contribution in [3.63, 3.8) is 0 Å². The summed E-state index contributed by atoms with van der Waals surface area (Å²) in [6, 6.07) is 1.82. The van der Waals surface area contributed by atoms with Gasteiger partial charge in [0.25, 0.3) is 0 Å². The van der Waals surface area contributed by atoms with Crippen LogP contribution in [0.15, 0.2) is 16.7 Å². The Morgan fingerprint density at radius 3 is 2.76 bits per heavy atom. The van der Waals surface area contributed by atoms with Gasteiger partial charge in [-0.15, -0.1) is 0 Å². The van der Waals surface area contributed by atoms with Crippen LogP contribution in [-0.4, -0.2) is 29.0 Å². The number of anilines is 1. The summed E-state index contributed by atoms with van der Waals surface area (Å²) in [5, 5.41) is 2.83. The second kappa shape index (κ2) is 5.49. The number of rotatable bonds is 1. The summed E-state index contributed by atoms with van der Waals surface area (Å²) < 4.78 is 0.952. The van der Waals surface area contributed by atoms with Crippen molar-refractivity contribution in [2.45, 2.75) is 26.2 Å². The number of carbonyl (C=O) groups is 1. The van der Waals surface area contributed by atoms with Crippen molar-refractivity contribution < 1.29 is 4.79 Å². The first-order chi connectivity index (χ1) is 8.16. The molecule has 0 aliphatic carbocycles. The van der Waals surface area contributed by atoms with E-state index in [1.807, 2.05) is 17.9 Å². The topological polar surface area (TPSA) is 45.2 Å². The molecule has 2 amide bonds. The Bertz CT molecular complexity index is 416. The van der Waals surface area contributed by atoms with Crippen molar-refractivity contribution in [3.8, 4) is 0 Å². The maximum atomic E-state index is 11.9. The van der Waals surface area contributed by atoms with Gasteiger partial charge >= 0.3 is 6.03 Å². The number of pyridine rings is 1. The van der Waals surface area contributed by atoms with E-state index < -0.39 is 0 Å². The van der Waals surface area contributed by atoms with Crippen LogP contribution in [0.4, 0.5) is 10.6 Å². The summed E-state index contributed by atoms with van der Waals surface area (Å²) in [5.74, 6) is 0.612. The second-order valence-electron chi connectivity index (χ2n) is 4.30. The maximum absolute atomic E-state index is 11.9. The van der Waals surface area contributed by atoms with Gasteiger partial charge in [-0.1, -0.05) is 0 Å². The van der Waals surface area contributed by atoms with Crippen LogP contribution in [0.2, 0.25) is 0 Å². The van der Waals surface area contributed by atoms with Crippen molar-refractivity contribution in [2.24, 2.45) is 0 Å². The lowest BCUT2D eigenvalue weighted by Gasteiger charge is -2.26. The molecular formula is C12H16BrN3O. The third kappa shape index (κ3) is 3.19. The Labute approximate surface area is 110 Å². The van der Waals surface area contributed by atoms with E-state index in [2.05, 4.69) is 26.2 Å². The van der Waals surface area contributed by atoms with Crippen molar-refractivity contribution in [2.75, 3.05) is 18.4 Å². The van der Waals surface area contributed by atoms with E-state index in [0.29, 0.717) is 5.82 Å². The van der Waals surface area contributed by atoms with Gasteiger partial charge in [-0.05, 0) is 53.7 Å². The van der Waals surface area contributed by atoms with Crippen LogP contribution in [0, 0.1) is 6.92 Å². The van der Waals surface area contributed by atoms with Crippen LogP contribution in [0.1, 0.15) is 24.8 Å². The molecule has 1 aromatic heterocycles. The highest BCUT2D eigenvalue weighted by Crippen LogP contribution is 2.18. The van der Waals surface area contributed by atoms with Gasteiger partial charge in [0.1, 0.15) is 5.82 Å². The van der Waals surface area contributed by atoms with Crippen molar-refractivity contribution in [1.29, 1.82) is 0 Å². The molecular weight excluding hydrogens is 282 g/mol. The molecule has 1 aliphatic heterocycles. The largest absolute Gasteiger partial charge is 0.325 e. The number of piperidine rings is 1. The van der Waals surface area contributed by atoms with E-state index in [1.165, 1.54) is 6.42 Å². The number of nitrogens with zero attached hydrogens (tertiary/aromatic N) is 2. The number of likely N-dealkylation sites (tertiary alicyclic amines) is 1. The lowest BCUT2D eigenvalue weighted by atomic mass is 10.1. The Kier molecular flexibility index (Phi) is 3.99. The smallest absolute Gasteiger partial charge is 0.323 e. The first-order valence-corrected chi connectivity index (χ1v) is 6.64. The number of carbonyl (C=O) groups excluding carboxylic acids is 1. The molecule has 2 heterocycles. The average molecular weight is 298 g/mol. The van der Waals surface area contributed by atoms with Gasteiger partial charge < -0.3 is 4.90 Å². The summed E-state index contributed by atoms with van der Waals surface area (Å²) in [4.78, 5) is 17.9. The number of halogens is 1. The van der Waals surface area contributed by atoms with E-state index in [9.17, 15) is 4.79 Å². The minimum atomic E-state index is -0.0427. The standard InChI is InChI=1S/C12H16BrN3O/c1-9-7-11(14-8-10(9)13)15-12(17)16-5-3-2-4-6-16/h7-8H,2-6H2,1H3,(H,14,15,17). The normalized spacial score (nSPS) is 15.8. The summed E-state index contributed by atoms with van der Waals surface area (Å²) in [5.41, 5.74) is 1.06. The molecule has 1 aromatic rings. The molecule has 92 valence electrons. The summed E-state index contributed by atoms with van der Waals surface area (Å²) >= 11 is 3.39. The quantitative estimate of drug-likeness (QED) is 0.865. The molecule has 0 unspecified atom stereocenters. The van der Waals surface area contributed by atoms with E-state index in [0.717, 1.165) is 36.0 Å². The molecule has 0 saturated carbocycles. The lowest BCUT2D eigenvalue weighted by molar-refractivity contribution is 0.200. The van der Waals surface area contributed by atoms with Crippen molar-refractivity contribution >= 4 is 27.8 Å². The van der Waals surface area contributed by atoms with Gasteiger partial charge in [0.2, 0.25) is 0 Å². The molecule has 1 aliphatic rings. The summed E-state index contributed by atoms with van der Waals surface area (Å²) in [6.07, 6.45) is 5.13. The Hall–Kier alpha value is -1.10. The Morgan fingerprint density at radius 2 is 2.12 bits per heavy atom. The molecule has 5 heteroatoms. The molecule has 17 heavy (non-hydrogen) atoms. The third-order valence-corrected chi connectivity index (χ3v) is 3.76. The lowest BCUT2D eigenvalue weighted by Crippen LogP contribution is -2.38. The maximum Gasteiger partial charge on any atom is 0.323 e. The minimum Gasteiger partial charge on any atom is -0.325 e. The van der Waals surface area contributed by atoms with Gasteiger partial charge in [-0.25, -0.2) is 9.78 Å². The number of nitrogens with one attached hydrogen (secondary N) is 1. The zero-order valence-corrected chi connectivity index (χ0v) is 11.5. The van der Waals surface area contributed by atoms with E-state index in [4.69, 9.17) is 0 Å². The minimum absolute atomic E-state index is 0.0427. The van der Waals surface area contributed by atoms with E-state index in [-0.39, 0.29) is 6.03 Å². The fourth-order valence-electron chi connectivity index (χ4n) is 1.89. The fourth-order valence-corrected chi connectivity index (χ4v) is 2.11. The summed E-state index contributed by atoms with van der Waals surface area (Å²) in [7, 11) is 0. The molecule has 0 bridgehead atoms. The number of hydrogen-bond acceptors (Lipinski definition) is 2. The molecule has 1 fully saturated rings. The number of urea groups is 1. The van der Waals surface area contributed by atoms with Crippen LogP contribution in [0.3, 0.4) is 0 Å². The SMILES string of the molecule is Cc1cc(NC(=O)N2CCCCC2)ncc1Br. The van der Waals surface area contributed by atoms with Crippen molar-refractivity contribution in [1.82, 2.24) is 9.88 Å². The van der Waals surface area contributed by atoms with Gasteiger partial charge in [-0.2, -0.15) is 0 Å². The first-order valence-electron chi connectivity index (χ1n) is 5.85. The highest BCUT2D eigenvalue weighted by atomic mass is 79.9. The number of aromatic nitrogens is 1. The molecule has 2 rings (SSSR count). The summed E-state index contributed by atoms with van der Waals surface area (Å²) in [6.45, 7) is 3.67. The van der Waals surface area contributed by atoms with Gasteiger partial charge in [0.15, 0.2) is 0 Å². The van der Waals surface area contributed by atoms with Gasteiger partial charge in [0, 0.05) is 23.8 Å². The van der Waals surface area contributed by atoms with Gasteiger partial charge in [0.05, 0.1) is 0 Å². The molecule has 0 spiro atoms. The number of hydrogen-bond donors (Lipinski definition) is 1. The van der Waals surface area contributed by atoms with Gasteiger partial charge in [-0.3, -0.25) is 5.32 Å². The Balaban J connectivity index is 1.99. The molecule has 4 nitrogen and oxygen atoms in total. The predicted octanol–water partition coefficient (Wildman–Crippen LogP) is 3.17. The average Bonchev–Trinajstić information content (AvgIpc) is 2.35. The van der Waals surface area contributed by atoms with Crippen LogP contribution in [-0.2, 0) is 0 Å². The zero-order valence-electron chi connectivity index (χ0n) is 9.87. The molecule has 1 saturated heterocycles. The second-order valence-corrected chi connectivity index (χ2v) is 5.15. The zero-order chi connectivity index (χ0) is 12.3. The first kappa shape index (κ1) is 12.4. The van der Waals surface area contributed by atoms with Crippen molar-refractivity contribution in [3.05, 3.63) is 22.3 Å². The van der Waals surface area contributed by atoms with Crippen LogP contribution in [0.5, 0.6) is 0 Å². The Morgan fingerprint density at radius 1 is 1.41 bits per heavy atom. The predicted molar refractivity (Wildman–Crippen MR) is 71.1 cm³/mol. The highest BCUT2D eigenvalue weighted by Gasteiger charge is 2.16. The number of amides is 2. The third-order valence-electron chi connectivity index (χ3n) is 2.93. The fraction of sp³-hybridized carbons (Fsp3) is 0.500. The molecule has 0 radical (unpaired) electrons. The van der Waals surface area contributed by atoms with Crippen LogP contribution in [0.25, 0.3) is 0 Å². The van der Waals surface area contributed by atoms with E-state index in [1.54, 1.807) is 6.20 Å². The van der Waals surface area contributed by atoms with Crippen LogP contribution < -0.4 is 5.32 Å². The van der Waals surface area contributed by atoms with Crippen LogP contribution >= 0.6 is 15.9 Å². The van der Waals surface area contributed by atoms with E-state index >= 15 is 0 Å².